The lowest BCUT2D eigenvalue weighted by Gasteiger charge is -2.39. The minimum Gasteiger partial charge on any atom is -0.312 e. The third-order valence-electron chi connectivity index (χ3n) is 3.21. The van der Waals surface area contributed by atoms with Crippen molar-refractivity contribution in [3.63, 3.8) is 0 Å². The molecule has 0 saturated heterocycles. The van der Waals surface area contributed by atoms with Crippen molar-refractivity contribution in [3.8, 4) is 0 Å². The highest BCUT2D eigenvalue weighted by Gasteiger charge is 2.24. The molecule has 0 heterocycles. The third-order valence-corrected chi connectivity index (χ3v) is 3.21. The van der Waals surface area contributed by atoms with Gasteiger partial charge in [0.1, 0.15) is 0 Å². The van der Waals surface area contributed by atoms with Gasteiger partial charge in [-0.2, -0.15) is 0 Å². The molecule has 84 valence electrons. The molecule has 0 rings (SSSR count). The molecular weight excluding hydrogens is 172 g/mol. The van der Waals surface area contributed by atoms with Gasteiger partial charge in [0, 0.05) is 24.7 Å². The minimum atomic E-state index is 0.287. The van der Waals surface area contributed by atoms with Gasteiger partial charge in [0.25, 0.3) is 0 Å². The van der Waals surface area contributed by atoms with Gasteiger partial charge >= 0.3 is 0 Å². The molecule has 0 amide bonds. The monoisotopic (exact) mass is 198 g/mol. The van der Waals surface area contributed by atoms with Crippen LogP contribution in [0.25, 0.3) is 0 Å². The fraction of sp³-hybridized carbons (Fsp3) is 0.833. The Bertz CT molecular complexity index is 164. The molecule has 14 heavy (non-hydrogen) atoms. The van der Waals surface area contributed by atoms with E-state index in [4.69, 9.17) is 0 Å². The summed E-state index contributed by atoms with van der Waals surface area (Å²) in [5.41, 5.74) is 0.287. The maximum Gasteiger partial charge on any atom is 0.0194 e. The molecule has 0 aromatic rings. The predicted octanol–water partition coefficient (Wildman–Crippen LogP) is 2.27. The van der Waals surface area contributed by atoms with E-state index in [0.717, 1.165) is 13.1 Å². The SMILES string of the molecule is C=CCNCC(C)N(C)C(C)(C)CC. The van der Waals surface area contributed by atoms with Crippen LogP contribution in [0, 0.1) is 0 Å². The van der Waals surface area contributed by atoms with Crippen molar-refractivity contribution in [2.45, 2.75) is 45.7 Å². The molecule has 0 saturated carbocycles. The fourth-order valence-electron chi connectivity index (χ4n) is 1.38. The summed E-state index contributed by atoms with van der Waals surface area (Å²) in [4.78, 5) is 2.43. The maximum absolute atomic E-state index is 3.69. The van der Waals surface area contributed by atoms with Gasteiger partial charge in [0.2, 0.25) is 0 Å². The van der Waals surface area contributed by atoms with Gasteiger partial charge in [0.15, 0.2) is 0 Å². The van der Waals surface area contributed by atoms with E-state index in [-0.39, 0.29) is 5.54 Å². The molecule has 1 unspecified atom stereocenters. The Morgan fingerprint density at radius 1 is 1.50 bits per heavy atom. The smallest absolute Gasteiger partial charge is 0.0194 e. The molecule has 0 aliphatic carbocycles. The second-order valence-corrected chi connectivity index (χ2v) is 4.57. The lowest BCUT2D eigenvalue weighted by atomic mass is 9.98. The molecule has 0 fully saturated rings. The van der Waals surface area contributed by atoms with Crippen LogP contribution < -0.4 is 5.32 Å². The van der Waals surface area contributed by atoms with E-state index in [9.17, 15) is 0 Å². The van der Waals surface area contributed by atoms with Crippen LogP contribution in [0.4, 0.5) is 0 Å². The average molecular weight is 198 g/mol. The topological polar surface area (TPSA) is 15.3 Å². The van der Waals surface area contributed by atoms with Crippen LogP contribution in [0.15, 0.2) is 12.7 Å². The maximum atomic E-state index is 3.69. The highest BCUT2D eigenvalue weighted by Crippen LogP contribution is 2.18. The number of hydrogen-bond acceptors (Lipinski definition) is 2. The van der Waals surface area contributed by atoms with Crippen molar-refractivity contribution in [3.05, 3.63) is 12.7 Å². The second-order valence-electron chi connectivity index (χ2n) is 4.57. The summed E-state index contributed by atoms with van der Waals surface area (Å²) < 4.78 is 0. The summed E-state index contributed by atoms with van der Waals surface area (Å²) in [5, 5.41) is 3.35. The van der Waals surface area contributed by atoms with Crippen LogP contribution in [0.3, 0.4) is 0 Å². The van der Waals surface area contributed by atoms with Gasteiger partial charge in [-0.25, -0.2) is 0 Å². The second kappa shape index (κ2) is 6.20. The third kappa shape index (κ3) is 4.25. The van der Waals surface area contributed by atoms with Crippen molar-refractivity contribution in [1.82, 2.24) is 10.2 Å². The minimum absolute atomic E-state index is 0.287. The van der Waals surface area contributed by atoms with Gasteiger partial charge in [-0.15, -0.1) is 6.58 Å². The van der Waals surface area contributed by atoms with E-state index >= 15 is 0 Å². The quantitative estimate of drug-likeness (QED) is 0.499. The normalized spacial score (nSPS) is 14.4. The highest BCUT2D eigenvalue weighted by atomic mass is 15.2. The molecule has 0 radical (unpaired) electrons. The van der Waals surface area contributed by atoms with Gasteiger partial charge < -0.3 is 5.32 Å². The first-order valence-electron chi connectivity index (χ1n) is 5.50. The van der Waals surface area contributed by atoms with Crippen molar-refractivity contribution >= 4 is 0 Å². The number of hydrogen-bond donors (Lipinski definition) is 1. The standard InChI is InChI=1S/C12H26N2/c1-7-9-13-10-11(3)14(6)12(4,5)8-2/h7,11,13H,1,8-10H2,2-6H3. The Hall–Kier alpha value is -0.340. The molecule has 2 nitrogen and oxygen atoms in total. The van der Waals surface area contributed by atoms with E-state index in [0.29, 0.717) is 6.04 Å². The largest absolute Gasteiger partial charge is 0.312 e. The summed E-state index contributed by atoms with van der Waals surface area (Å²) in [5.74, 6) is 0. The predicted molar refractivity (Wildman–Crippen MR) is 64.7 cm³/mol. The van der Waals surface area contributed by atoms with Gasteiger partial charge in [-0.1, -0.05) is 13.0 Å². The van der Waals surface area contributed by atoms with E-state index in [1.54, 1.807) is 0 Å². The van der Waals surface area contributed by atoms with Crippen LogP contribution in [0.2, 0.25) is 0 Å². The van der Waals surface area contributed by atoms with Crippen LogP contribution in [-0.2, 0) is 0 Å². The molecule has 2 heteroatoms. The summed E-state index contributed by atoms with van der Waals surface area (Å²) in [6.45, 7) is 14.7. The molecule has 0 aromatic carbocycles. The zero-order chi connectivity index (χ0) is 11.2. The summed E-state index contributed by atoms with van der Waals surface area (Å²) in [6, 6.07) is 0.560. The molecule has 0 spiro atoms. The van der Waals surface area contributed by atoms with E-state index < -0.39 is 0 Å². The van der Waals surface area contributed by atoms with Crippen LogP contribution >= 0.6 is 0 Å². The molecule has 1 atom stereocenters. The highest BCUT2D eigenvalue weighted by molar-refractivity contribution is 4.82. The fourth-order valence-corrected chi connectivity index (χ4v) is 1.38. The van der Waals surface area contributed by atoms with Crippen LogP contribution in [-0.4, -0.2) is 36.6 Å². The number of nitrogens with one attached hydrogen (secondary N) is 1. The van der Waals surface area contributed by atoms with Crippen molar-refractivity contribution in [2.24, 2.45) is 0 Å². The summed E-state index contributed by atoms with van der Waals surface area (Å²) in [7, 11) is 2.20. The van der Waals surface area contributed by atoms with Crippen molar-refractivity contribution in [2.75, 3.05) is 20.1 Å². The average Bonchev–Trinajstić information content (AvgIpc) is 2.17. The Morgan fingerprint density at radius 3 is 2.50 bits per heavy atom. The summed E-state index contributed by atoms with van der Waals surface area (Å²) in [6.07, 6.45) is 3.08. The molecule has 1 N–H and O–H groups in total. The molecule has 0 aliphatic heterocycles. The van der Waals surface area contributed by atoms with Crippen LogP contribution in [0.5, 0.6) is 0 Å². The Kier molecular flexibility index (Phi) is 6.05. The lowest BCUT2D eigenvalue weighted by molar-refractivity contribution is 0.105. The number of rotatable bonds is 7. The Balaban J connectivity index is 3.97. The van der Waals surface area contributed by atoms with Gasteiger partial charge in [-0.3, -0.25) is 4.90 Å². The Labute approximate surface area is 89.4 Å². The molecule has 0 bridgehead atoms. The van der Waals surface area contributed by atoms with Crippen molar-refractivity contribution in [1.29, 1.82) is 0 Å². The first kappa shape index (κ1) is 13.7. The lowest BCUT2D eigenvalue weighted by Crippen LogP contribution is -2.49. The first-order valence-corrected chi connectivity index (χ1v) is 5.50. The van der Waals surface area contributed by atoms with Crippen molar-refractivity contribution < 1.29 is 0 Å². The molecule has 0 aromatic heterocycles. The zero-order valence-corrected chi connectivity index (χ0v) is 10.4. The first-order chi connectivity index (χ1) is 6.45. The molecule has 0 aliphatic rings. The number of likely N-dealkylation sites (N-methyl/N-ethyl adjacent to an activating group) is 1. The van der Waals surface area contributed by atoms with E-state index in [1.165, 1.54) is 6.42 Å². The number of nitrogens with zero attached hydrogens (tertiary/aromatic N) is 1. The van der Waals surface area contributed by atoms with Crippen LogP contribution in [0.1, 0.15) is 34.1 Å². The summed E-state index contributed by atoms with van der Waals surface area (Å²) >= 11 is 0. The van der Waals surface area contributed by atoms with E-state index in [2.05, 4.69) is 51.5 Å². The van der Waals surface area contributed by atoms with E-state index in [1.807, 2.05) is 6.08 Å². The Morgan fingerprint density at radius 2 is 2.07 bits per heavy atom. The zero-order valence-electron chi connectivity index (χ0n) is 10.4. The van der Waals surface area contributed by atoms with Gasteiger partial charge in [-0.05, 0) is 34.2 Å². The molecular formula is C12H26N2. The van der Waals surface area contributed by atoms with Gasteiger partial charge in [0.05, 0.1) is 0 Å².